The molecule has 0 spiro atoms. The predicted octanol–water partition coefficient (Wildman–Crippen LogP) is 4.46. The Hall–Kier alpha value is -3.22. The summed E-state index contributed by atoms with van der Waals surface area (Å²) in [5.41, 5.74) is 0.179. The Morgan fingerprint density at radius 3 is 2.63 bits per heavy atom. The predicted molar refractivity (Wildman–Crippen MR) is 108 cm³/mol. The van der Waals surface area contributed by atoms with Crippen LogP contribution >= 0.6 is 0 Å². The van der Waals surface area contributed by atoms with E-state index in [0.29, 0.717) is 32.1 Å². The van der Waals surface area contributed by atoms with Gasteiger partial charge in [0.25, 0.3) is 5.91 Å². The molecule has 0 saturated carbocycles. The Morgan fingerprint density at radius 2 is 1.90 bits per heavy atom. The van der Waals surface area contributed by atoms with E-state index in [1.54, 1.807) is 4.90 Å². The van der Waals surface area contributed by atoms with Crippen LogP contribution in [0.5, 0.6) is 5.88 Å². The van der Waals surface area contributed by atoms with E-state index in [0.717, 1.165) is 17.3 Å². The highest BCUT2D eigenvalue weighted by atomic mass is 19.1. The number of hydrogen-bond donors (Lipinski definition) is 0. The molecule has 0 aliphatic carbocycles. The van der Waals surface area contributed by atoms with Crippen molar-refractivity contribution in [3.05, 3.63) is 82.8 Å². The van der Waals surface area contributed by atoms with Gasteiger partial charge in [0.2, 0.25) is 5.88 Å². The van der Waals surface area contributed by atoms with Crippen LogP contribution in [0.4, 0.5) is 8.78 Å². The van der Waals surface area contributed by atoms with Crippen molar-refractivity contribution in [3.8, 4) is 5.88 Å². The first-order chi connectivity index (χ1) is 14.3. The highest BCUT2D eigenvalue weighted by Gasteiger charge is 2.27. The van der Waals surface area contributed by atoms with Gasteiger partial charge < -0.3 is 9.64 Å². The van der Waals surface area contributed by atoms with E-state index in [9.17, 15) is 13.6 Å². The van der Waals surface area contributed by atoms with Crippen LogP contribution in [-0.2, 0) is 25.4 Å². The SMILES string of the molecule is CC(C)(F)c1cc(C(=O)N2CCn3nc(OCc4ccccc4)cc3C2)ccc1F. The van der Waals surface area contributed by atoms with Gasteiger partial charge >= 0.3 is 0 Å². The second kappa shape index (κ2) is 7.89. The molecule has 4 rings (SSSR count). The first-order valence-electron chi connectivity index (χ1n) is 9.83. The number of hydrogen-bond acceptors (Lipinski definition) is 3. The lowest BCUT2D eigenvalue weighted by molar-refractivity contribution is 0.0705. The molecule has 0 radical (unpaired) electrons. The maximum Gasteiger partial charge on any atom is 0.254 e. The number of nitrogens with zero attached hydrogens (tertiary/aromatic N) is 3. The molecule has 5 nitrogen and oxygen atoms in total. The third-order valence-corrected chi connectivity index (χ3v) is 5.15. The van der Waals surface area contributed by atoms with Crippen LogP contribution in [0.3, 0.4) is 0 Å². The number of fused-ring (bicyclic) bond motifs is 1. The van der Waals surface area contributed by atoms with E-state index in [1.807, 2.05) is 41.1 Å². The molecule has 0 atom stereocenters. The molecule has 0 bridgehead atoms. The number of benzene rings is 2. The molecule has 0 N–H and O–H groups in total. The van der Waals surface area contributed by atoms with Crippen LogP contribution in [-0.4, -0.2) is 27.1 Å². The largest absolute Gasteiger partial charge is 0.472 e. The van der Waals surface area contributed by atoms with Crippen LogP contribution in [0.1, 0.15) is 41.0 Å². The van der Waals surface area contributed by atoms with Gasteiger partial charge in [-0.2, -0.15) is 0 Å². The van der Waals surface area contributed by atoms with Gasteiger partial charge in [-0.1, -0.05) is 30.3 Å². The lowest BCUT2D eigenvalue weighted by Crippen LogP contribution is -2.38. The molecule has 2 aromatic carbocycles. The summed E-state index contributed by atoms with van der Waals surface area (Å²) in [6.07, 6.45) is 0. The second-order valence-electron chi connectivity index (χ2n) is 7.87. The number of rotatable bonds is 5. The quantitative estimate of drug-likeness (QED) is 0.623. The summed E-state index contributed by atoms with van der Waals surface area (Å²) in [6.45, 7) is 4.30. The van der Waals surface area contributed by atoms with Crippen LogP contribution < -0.4 is 4.74 Å². The zero-order valence-corrected chi connectivity index (χ0v) is 16.9. The van der Waals surface area contributed by atoms with Gasteiger partial charge in [0.1, 0.15) is 18.1 Å². The Bertz CT molecular complexity index is 1060. The minimum Gasteiger partial charge on any atom is -0.472 e. The summed E-state index contributed by atoms with van der Waals surface area (Å²) in [7, 11) is 0. The zero-order chi connectivity index (χ0) is 21.3. The first kappa shape index (κ1) is 20.1. The second-order valence-corrected chi connectivity index (χ2v) is 7.87. The smallest absolute Gasteiger partial charge is 0.254 e. The topological polar surface area (TPSA) is 47.4 Å². The maximum atomic E-state index is 14.3. The first-order valence-corrected chi connectivity index (χ1v) is 9.83. The molecule has 0 unspecified atom stereocenters. The molecular weight excluding hydrogens is 388 g/mol. The molecule has 0 saturated heterocycles. The minimum absolute atomic E-state index is 0.119. The summed E-state index contributed by atoms with van der Waals surface area (Å²) in [6, 6.07) is 15.5. The number of amides is 1. The fraction of sp³-hybridized carbons (Fsp3) is 0.304. The van der Waals surface area contributed by atoms with Crippen LogP contribution in [0.15, 0.2) is 54.6 Å². The monoisotopic (exact) mass is 411 g/mol. The molecule has 1 aromatic heterocycles. The maximum absolute atomic E-state index is 14.3. The Balaban J connectivity index is 1.46. The van der Waals surface area contributed by atoms with Crippen LogP contribution in [0, 0.1) is 5.82 Å². The van der Waals surface area contributed by atoms with Crippen molar-refractivity contribution in [2.75, 3.05) is 6.54 Å². The third kappa shape index (κ3) is 4.20. The van der Waals surface area contributed by atoms with E-state index in [2.05, 4.69) is 5.10 Å². The van der Waals surface area contributed by atoms with E-state index < -0.39 is 11.5 Å². The zero-order valence-electron chi connectivity index (χ0n) is 16.9. The molecule has 30 heavy (non-hydrogen) atoms. The summed E-state index contributed by atoms with van der Waals surface area (Å²) in [5.74, 6) is -0.415. The summed E-state index contributed by atoms with van der Waals surface area (Å²) < 4.78 is 35.8. The fourth-order valence-corrected chi connectivity index (χ4v) is 3.51. The summed E-state index contributed by atoms with van der Waals surface area (Å²) in [5, 5.41) is 4.45. The molecule has 1 amide bonds. The molecule has 1 aliphatic heterocycles. The number of halogens is 2. The average Bonchev–Trinajstić information content (AvgIpc) is 3.14. The van der Waals surface area contributed by atoms with Gasteiger partial charge in [-0.05, 0) is 37.6 Å². The molecule has 7 heteroatoms. The molecule has 1 aliphatic rings. The van der Waals surface area contributed by atoms with E-state index in [1.165, 1.54) is 26.0 Å². The van der Waals surface area contributed by atoms with Gasteiger partial charge in [-0.3, -0.25) is 9.48 Å². The van der Waals surface area contributed by atoms with Gasteiger partial charge in [0, 0.05) is 23.7 Å². The van der Waals surface area contributed by atoms with Crippen molar-refractivity contribution in [3.63, 3.8) is 0 Å². The normalized spacial score (nSPS) is 13.8. The third-order valence-electron chi connectivity index (χ3n) is 5.15. The fourth-order valence-electron chi connectivity index (χ4n) is 3.51. The number of carbonyl (C=O) groups excluding carboxylic acids is 1. The van der Waals surface area contributed by atoms with Crippen molar-refractivity contribution >= 4 is 5.91 Å². The van der Waals surface area contributed by atoms with Crippen molar-refractivity contribution in [2.45, 2.75) is 39.2 Å². The van der Waals surface area contributed by atoms with E-state index in [-0.39, 0.29) is 17.0 Å². The Morgan fingerprint density at radius 1 is 1.13 bits per heavy atom. The lowest BCUT2D eigenvalue weighted by atomic mass is 9.97. The number of alkyl halides is 1. The summed E-state index contributed by atoms with van der Waals surface area (Å²) in [4.78, 5) is 14.6. The standard InChI is InChI=1S/C23H23F2N3O2/c1-23(2,25)19-12-17(8-9-20(19)24)22(29)27-10-11-28-18(14-27)13-21(26-28)30-15-16-6-4-3-5-7-16/h3-9,12-13H,10-11,14-15H2,1-2H3. The van der Waals surface area contributed by atoms with Crippen molar-refractivity contribution < 1.29 is 18.3 Å². The van der Waals surface area contributed by atoms with Crippen molar-refractivity contribution in [1.82, 2.24) is 14.7 Å². The number of ether oxygens (including phenoxy) is 1. The van der Waals surface area contributed by atoms with Crippen LogP contribution in [0.2, 0.25) is 0 Å². The van der Waals surface area contributed by atoms with Crippen LogP contribution in [0.25, 0.3) is 0 Å². The summed E-state index contributed by atoms with van der Waals surface area (Å²) >= 11 is 0. The Kier molecular flexibility index (Phi) is 5.28. The number of aromatic nitrogens is 2. The molecule has 2 heterocycles. The van der Waals surface area contributed by atoms with Crippen molar-refractivity contribution in [1.29, 1.82) is 0 Å². The van der Waals surface area contributed by atoms with Gasteiger partial charge in [-0.25, -0.2) is 8.78 Å². The molecule has 3 aromatic rings. The highest BCUT2D eigenvalue weighted by molar-refractivity contribution is 5.94. The lowest BCUT2D eigenvalue weighted by Gasteiger charge is -2.28. The molecular formula is C23H23F2N3O2. The highest BCUT2D eigenvalue weighted by Crippen LogP contribution is 2.29. The van der Waals surface area contributed by atoms with Gasteiger partial charge in [-0.15, -0.1) is 5.10 Å². The Labute approximate surface area is 173 Å². The minimum atomic E-state index is -1.87. The number of carbonyl (C=O) groups is 1. The van der Waals surface area contributed by atoms with Gasteiger partial charge in [0.15, 0.2) is 0 Å². The van der Waals surface area contributed by atoms with Gasteiger partial charge in [0.05, 0.1) is 18.8 Å². The molecule has 156 valence electrons. The van der Waals surface area contributed by atoms with E-state index in [4.69, 9.17) is 4.74 Å². The molecule has 0 fully saturated rings. The van der Waals surface area contributed by atoms with E-state index >= 15 is 0 Å². The van der Waals surface area contributed by atoms with Crippen molar-refractivity contribution in [2.24, 2.45) is 0 Å². The average molecular weight is 411 g/mol.